The molecule has 2 nitrogen and oxygen atoms in total. The number of nitrogens with one attached hydrogen (secondary N) is 1. The third-order valence-electron chi connectivity index (χ3n) is 5.68. The zero-order chi connectivity index (χ0) is 16.9. The van der Waals surface area contributed by atoms with E-state index < -0.39 is 0 Å². The molecule has 0 unspecified atom stereocenters. The van der Waals surface area contributed by atoms with Crippen LogP contribution in [0.1, 0.15) is 42.7 Å². The SMILES string of the molecule is Cl.c1ccc(CCCCN2CCC(c3c[nH]c4ccccc34)CC2)cc1. The van der Waals surface area contributed by atoms with Gasteiger partial charge in [0.2, 0.25) is 0 Å². The van der Waals surface area contributed by atoms with Crippen molar-refractivity contribution in [1.29, 1.82) is 0 Å². The van der Waals surface area contributed by atoms with E-state index in [0.717, 1.165) is 5.92 Å². The fourth-order valence-electron chi connectivity index (χ4n) is 4.21. The number of rotatable bonds is 6. The van der Waals surface area contributed by atoms with Crippen molar-refractivity contribution in [3.8, 4) is 0 Å². The maximum Gasteiger partial charge on any atom is 0.0456 e. The number of hydrogen-bond donors (Lipinski definition) is 1. The summed E-state index contributed by atoms with van der Waals surface area (Å²) in [4.78, 5) is 6.10. The van der Waals surface area contributed by atoms with Gasteiger partial charge in [0.1, 0.15) is 0 Å². The molecule has 26 heavy (non-hydrogen) atoms. The predicted molar refractivity (Wildman–Crippen MR) is 113 cm³/mol. The molecule has 0 aliphatic carbocycles. The van der Waals surface area contributed by atoms with Crippen LogP contribution in [0.2, 0.25) is 0 Å². The molecule has 0 saturated carbocycles. The van der Waals surface area contributed by atoms with E-state index in [1.807, 2.05) is 0 Å². The van der Waals surface area contributed by atoms with Gasteiger partial charge in [0, 0.05) is 17.1 Å². The molecule has 0 spiro atoms. The predicted octanol–water partition coefficient (Wildman–Crippen LogP) is 5.79. The fraction of sp³-hybridized carbons (Fsp3) is 0.391. The van der Waals surface area contributed by atoms with Crippen LogP contribution in [0.25, 0.3) is 10.9 Å². The molecule has 0 radical (unpaired) electrons. The van der Waals surface area contributed by atoms with E-state index in [4.69, 9.17) is 0 Å². The van der Waals surface area contributed by atoms with Crippen LogP contribution < -0.4 is 0 Å². The minimum atomic E-state index is 0. The van der Waals surface area contributed by atoms with E-state index in [1.165, 1.54) is 73.8 Å². The van der Waals surface area contributed by atoms with Crippen LogP contribution in [-0.2, 0) is 6.42 Å². The molecule has 2 aromatic carbocycles. The summed E-state index contributed by atoms with van der Waals surface area (Å²) < 4.78 is 0. The van der Waals surface area contributed by atoms with Crippen molar-refractivity contribution >= 4 is 23.3 Å². The lowest BCUT2D eigenvalue weighted by atomic mass is 9.89. The number of para-hydroxylation sites is 1. The Balaban J connectivity index is 0.00000196. The van der Waals surface area contributed by atoms with Gasteiger partial charge in [-0.15, -0.1) is 12.4 Å². The Labute approximate surface area is 163 Å². The number of halogens is 1. The largest absolute Gasteiger partial charge is 0.361 e. The molecule has 0 atom stereocenters. The second-order valence-electron chi connectivity index (χ2n) is 7.35. The summed E-state index contributed by atoms with van der Waals surface area (Å²) in [7, 11) is 0. The van der Waals surface area contributed by atoms with Crippen LogP contribution in [0, 0.1) is 0 Å². The lowest BCUT2D eigenvalue weighted by Crippen LogP contribution is -2.33. The zero-order valence-electron chi connectivity index (χ0n) is 15.4. The molecular weight excluding hydrogens is 340 g/mol. The Hall–Kier alpha value is -1.77. The molecule has 0 bridgehead atoms. The molecule has 1 saturated heterocycles. The number of unbranched alkanes of at least 4 members (excludes halogenated alkanes) is 1. The van der Waals surface area contributed by atoms with Crippen LogP contribution in [0.5, 0.6) is 0 Å². The molecule has 138 valence electrons. The van der Waals surface area contributed by atoms with Gasteiger partial charge in [0.15, 0.2) is 0 Å². The molecule has 1 aliphatic rings. The third kappa shape index (κ3) is 4.49. The Bertz CT molecular complexity index is 788. The van der Waals surface area contributed by atoms with Crippen molar-refractivity contribution in [2.45, 2.75) is 38.0 Å². The van der Waals surface area contributed by atoms with Crippen molar-refractivity contribution in [2.75, 3.05) is 19.6 Å². The van der Waals surface area contributed by atoms with E-state index in [1.54, 1.807) is 0 Å². The van der Waals surface area contributed by atoms with Crippen molar-refractivity contribution < 1.29 is 0 Å². The molecule has 2 heterocycles. The summed E-state index contributed by atoms with van der Waals surface area (Å²) in [6.07, 6.45) is 8.65. The smallest absolute Gasteiger partial charge is 0.0456 e. The van der Waals surface area contributed by atoms with Crippen molar-refractivity contribution in [3.05, 3.63) is 71.9 Å². The molecule has 1 aromatic heterocycles. The molecule has 1 aliphatic heterocycles. The highest BCUT2D eigenvalue weighted by atomic mass is 35.5. The lowest BCUT2D eigenvalue weighted by Gasteiger charge is -2.32. The number of piperidine rings is 1. The summed E-state index contributed by atoms with van der Waals surface area (Å²) in [5.74, 6) is 0.719. The molecule has 1 fully saturated rings. The number of likely N-dealkylation sites (tertiary alicyclic amines) is 1. The molecule has 4 rings (SSSR count). The monoisotopic (exact) mass is 368 g/mol. The number of aryl methyl sites for hydroxylation is 1. The number of aromatic amines is 1. The van der Waals surface area contributed by atoms with Crippen molar-refractivity contribution in [2.24, 2.45) is 0 Å². The Morgan fingerprint density at radius 2 is 1.62 bits per heavy atom. The first kappa shape index (κ1) is 19.0. The third-order valence-corrected chi connectivity index (χ3v) is 5.68. The Morgan fingerprint density at radius 1 is 0.885 bits per heavy atom. The number of hydrogen-bond acceptors (Lipinski definition) is 1. The normalized spacial score (nSPS) is 15.8. The number of H-pyrrole nitrogens is 1. The highest BCUT2D eigenvalue weighted by Gasteiger charge is 2.22. The van der Waals surface area contributed by atoms with E-state index in [9.17, 15) is 0 Å². The van der Waals surface area contributed by atoms with Gasteiger partial charge in [-0.3, -0.25) is 0 Å². The van der Waals surface area contributed by atoms with Crippen LogP contribution in [-0.4, -0.2) is 29.5 Å². The van der Waals surface area contributed by atoms with Gasteiger partial charge in [-0.1, -0.05) is 48.5 Å². The summed E-state index contributed by atoms with van der Waals surface area (Å²) in [6, 6.07) is 19.6. The molecular formula is C23H29ClN2. The first-order valence-electron chi connectivity index (χ1n) is 9.72. The number of aromatic nitrogens is 1. The minimum Gasteiger partial charge on any atom is -0.361 e. The first-order chi connectivity index (χ1) is 12.4. The highest BCUT2D eigenvalue weighted by molar-refractivity contribution is 5.85. The molecule has 3 heteroatoms. The van der Waals surface area contributed by atoms with Gasteiger partial charge < -0.3 is 9.88 Å². The van der Waals surface area contributed by atoms with E-state index in [0.29, 0.717) is 0 Å². The van der Waals surface area contributed by atoms with Gasteiger partial charge in [0.05, 0.1) is 0 Å². The number of benzene rings is 2. The highest BCUT2D eigenvalue weighted by Crippen LogP contribution is 2.33. The maximum absolute atomic E-state index is 3.44. The van der Waals surface area contributed by atoms with Crippen LogP contribution in [0.4, 0.5) is 0 Å². The van der Waals surface area contributed by atoms with Crippen LogP contribution >= 0.6 is 12.4 Å². The topological polar surface area (TPSA) is 19.0 Å². The molecule has 0 amide bonds. The quantitative estimate of drug-likeness (QED) is 0.545. The van der Waals surface area contributed by atoms with E-state index in [-0.39, 0.29) is 12.4 Å². The number of nitrogens with zero attached hydrogens (tertiary/aromatic N) is 1. The average molecular weight is 369 g/mol. The second kappa shape index (κ2) is 9.25. The van der Waals surface area contributed by atoms with Gasteiger partial charge >= 0.3 is 0 Å². The second-order valence-corrected chi connectivity index (χ2v) is 7.35. The maximum atomic E-state index is 3.44. The van der Waals surface area contributed by atoms with Gasteiger partial charge in [0.25, 0.3) is 0 Å². The number of fused-ring (bicyclic) bond motifs is 1. The average Bonchev–Trinajstić information content (AvgIpc) is 3.11. The summed E-state index contributed by atoms with van der Waals surface area (Å²) >= 11 is 0. The summed E-state index contributed by atoms with van der Waals surface area (Å²) in [5, 5.41) is 1.42. The van der Waals surface area contributed by atoms with Gasteiger partial charge in [-0.25, -0.2) is 0 Å². The Morgan fingerprint density at radius 3 is 2.42 bits per heavy atom. The Kier molecular flexibility index (Phi) is 6.76. The van der Waals surface area contributed by atoms with Crippen molar-refractivity contribution in [3.63, 3.8) is 0 Å². The molecule has 3 aromatic rings. The van der Waals surface area contributed by atoms with Crippen LogP contribution in [0.15, 0.2) is 60.8 Å². The van der Waals surface area contributed by atoms with Crippen LogP contribution in [0.3, 0.4) is 0 Å². The van der Waals surface area contributed by atoms with Gasteiger partial charge in [-0.2, -0.15) is 0 Å². The lowest BCUT2D eigenvalue weighted by molar-refractivity contribution is 0.209. The van der Waals surface area contributed by atoms with E-state index >= 15 is 0 Å². The van der Waals surface area contributed by atoms with E-state index in [2.05, 4.69) is 70.7 Å². The fourth-order valence-corrected chi connectivity index (χ4v) is 4.21. The van der Waals surface area contributed by atoms with Crippen molar-refractivity contribution in [1.82, 2.24) is 9.88 Å². The molecule has 1 N–H and O–H groups in total. The minimum absolute atomic E-state index is 0. The van der Waals surface area contributed by atoms with Gasteiger partial charge in [-0.05, 0) is 74.8 Å². The first-order valence-corrected chi connectivity index (χ1v) is 9.72. The standard InChI is InChI=1S/C23H28N2.ClH/c1-2-8-19(9-3-1)10-6-7-15-25-16-13-20(14-17-25)22-18-24-23-12-5-4-11-21(22)23;/h1-5,8-9,11-12,18,20,24H,6-7,10,13-17H2;1H. The summed E-state index contributed by atoms with van der Waals surface area (Å²) in [5.41, 5.74) is 4.28. The summed E-state index contributed by atoms with van der Waals surface area (Å²) in [6.45, 7) is 3.75. The zero-order valence-corrected chi connectivity index (χ0v) is 16.2.